The van der Waals surface area contributed by atoms with Gasteiger partial charge in [0.1, 0.15) is 0 Å². The van der Waals surface area contributed by atoms with Crippen LogP contribution in [0.25, 0.3) is 0 Å². The Bertz CT molecular complexity index is 644. The SMILES string of the molecule is CCC(C)O.O.O.O[Si](c1ccccc1)(c1ccccc1)c1ccccc1.[Ti]. The van der Waals surface area contributed by atoms with E-state index in [1.165, 1.54) is 0 Å². The van der Waals surface area contributed by atoms with Crippen LogP contribution in [-0.4, -0.2) is 35.3 Å². The molecule has 4 nitrogen and oxygen atoms in total. The average molecular weight is 434 g/mol. The van der Waals surface area contributed by atoms with Crippen LogP contribution in [0.5, 0.6) is 0 Å². The van der Waals surface area contributed by atoms with E-state index in [1.54, 1.807) is 6.92 Å². The fraction of sp³-hybridized carbons (Fsp3) is 0.182. The first-order valence-electron chi connectivity index (χ1n) is 8.66. The van der Waals surface area contributed by atoms with E-state index >= 15 is 0 Å². The van der Waals surface area contributed by atoms with Gasteiger partial charge in [0, 0.05) is 21.7 Å². The molecular weight excluding hydrogens is 404 g/mol. The number of hydrogen-bond donors (Lipinski definition) is 2. The van der Waals surface area contributed by atoms with Gasteiger partial charge in [-0.05, 0) is 28.9 Å². The number of rotatable bonds is 4. The van der Waals surface area contributed by atoms with E-state index in [2.05, 4.69) is 0 Å². The molecule has 150 valence electrons. The summed E-state index contributed by atoms with van der Waals surface area (Å²) in [4.78, 5) is 11.6. The summed E-state index contributed by atoms with van der Waals surface area (Å²) in [6, 6.07) is 30.0. The number of hydrogen-bond acceptors (Lipinski definition) is 2. The number of aliphatic hydroxyl groups is 1. The molecule has 0 spiro atoms. The van der Waals surface area contributed by atoms with Crippen molar-refractivity contribution in [2.24, 2.45) is 0 Å². The molecule has 0 aliphatic carbocycles. The third-order valence-corrected chi connectivity index (χ3v) is 7.67. The molecule has 0 aliphatic heterocycles. The zero-order valence-electron chi connectivity index (χ0n) is 16.3. The van der Waals surface area contributed by atoms with Crippen molar-refractivity contribution in [1.82, 2.24) is 0 Å². The van der Waals surface area contributed by atoms with Gasteiger partial charge in [0.25, 0.3) is 8.32 Å². The molecule has 0 aromatic heterocycles. The minimum atomic E-state index is -2.88. The summed E-state index contributed by atoms with van der Waals surface area (Å²) in [6.45, 7) is 3.73. The first-order valence-corrected chi connectivity index (χ1v) is 10.6. The van der Waals surface area contributed by atoms with Crippen molar-refractivity contribution < 1.29 is 42.6 Å². The first-order chi connectivity index (χ1) is 12.1. The van der Waals surface area contributed by atoms with Crippen molar-refractivity contribution in [2.45, 2.75) is 26.4 Å². The van der Waals surface area contributed by atoms with Gasteiger partial charge < -0.3 is 20.9 Å². The Balaban J connectivity index is 0. The molecule has 3 aromatic rings. The van der Waals surface area contributed by atoms with Crippen LogP contribution < -0.4 is 15.6 Å². The van der Waals surface area contributed by atoms with E-state index < -0.39 is 8.32 Å². The standard InChI is InChI=1S/C18H16OSi.C4H10O.2H2O.Ti/c19-20(16-10-4-1-5-11-16,17-12-6-2-7-13-17)18-14-8-3-9-15-18;1-3-4(2)5;;;/h1-15,19H;4-5H,3H2,1-2H3;2*1H2;. The second-order valence-electron chi connectivity index (χ2n) is 6.07. The molecule has 6 heteroatoms. The predicted octanol–water partition coefficient (Wildman–Crippen LogP) is 0.771. The molecule has 1 atom stereocenters. The molecule has 3 rings (SSSR count). The van der Waals surface area contributed by atoms with Crippen LogP contribution in [0.4, 0.5) is 0 Å². The largest absolute Gasteiger partial charge is 0.421 e. The maximum atomic E-state index is 11.6. The van der Waals surface area contributed by atoms with Gasteiger partial charge in [-0.15, -0.1) is 0 Å². The molecule has 0 bridgehead atoms. The Morgan fingerprint density at radius 2 is 0.893 bits per heavy atom. The second kappa shape index (κ2) is 14.4. The van der Waals surface area contributed by atoms with Crippen molar-refractivity contribution in [1.29, 1.82) is 0 Å². The molecule has 0 saturated carbocycles. The van der Waals surface area contributed by atoms with E-state index in [1.807, 2.05) is 97.9 Å². The predicted molar refractivity (Wildman–Crippen MR) is 115 cm³/mol. The Hall–Kier alpha value is -1.57. The van der Waals surface area contributed by atoms with Gasteiger partial charge >= 0.3 is 0 Å². The molecule has 1 unspecified atom stereocenters. The number of aliphatic hydroxyl groups excluding tert-OH is 1. The van der Waals surface area contributed by atoms with Crippen molar-refractivity contribution in [3.8, 4) is 0 Å². The van der Waals surface area contributed by atoms with Crippen LogP contribution in [0.2, 0.25) is 0 Å². The van der Waals surface area contributed by atoms with Gasteiger partial charge in [-0.25, -0.2) is 0 Å². The van der Waals surface area contributed by atoms with Gasteiger partial charge in [-0.2, -0.15) is 0 Å². The Labute approximate surface area is 183 Å². The molecule has 0 radical (unpaired) electrons. The summed E-state index contributed by atoms with van der Waals surface area (Å²) in [6.07, 6.45) is 0.745. The molecule has 3 aromatic carbocycles. The number of benzene rings is 3. The summed E-state index contributed by atoms with van der Waals surface area (Å²) in [5, 5.41) is 11.4. The maximum Gasteiger partial charge on any atom is 0.285 e. The van der Waals surface area contributed by atoms with Crippen LogP contribution in [0.1, 0.15) is 20.3 Å². The van der Waals surface area contributed by atoms with Gasteiger partial charge in [0.15, 0.2) is 0 Å². The Morgan fingerprint density at radius 1 is 0.679 bits per heavy atom. The van der Waals surface area contributed by atoms with Gasteiger partial charge in [0.2, 0.25) is 0 Å². The molecule has 28 heavy (non-hydrogen) atoms. The average Bonchev–Trinajstić information content (AvgIpc) is 2.70. The molecule has 0 fully saturated rings. The Kier molecular flexibility index (Phi) is 14.8. The summed E-state index contributed by atoms with van der Waals surface area (Å²) >= 11 is 0. The van der Waals surface area contributed by atoms with Crippen LogP contribution in [0.15, 0.2) is 91.0 Å². The first kappa shape index (κ1) is 28.6. The van der Waals surface area contributed by atoms with E-state index in [0.717, 1.165) is 22.0 Å². The van der Waals surface area contributed by atoms with Gasteiger partial charge in [-0.3, -0.25) is 0 Å². The van der Waals surface area contributed by atoms with Gasteiger partial charge in [-0.1, -0.05) is 97.9 Å². The minimum Gasteiger partial charge on any atom is -0.421 e. The molecular formula is C22H30O4SiTi. The summed E-state index contributed by atoms with van der Waals surface area (Å²) in [5.74, 6) is 0. The zero-order valence-corrected chi connectivity index (χ0v) is 18.9. The topological polar surface area (TPSA) is 103 Å². The van der Waals surface area contributed by atoms with Crippen LogP contribution in [-0.2, 0) is 21.7 Å². The summed E-state index contributed by atoms with van der Waals surface area (Å²) in [7, 11) is -2.88. The van der Waals surface area contributed by atoms with Crippen LogP contribution in [0.3, 0.4) is 0 Å². The van der Waals surface area contributed by atoms with E-state index in [9.17, 15) is 4.80 Å². The monoisotopic (exact) mass is 434 g/mol. The van der Waals surface area contributed by atoms with E-state index in [-0.39, 0.29) is 38.8 Å². The third-order valence-electron chi connectivity index (χ3n) is 4.17. The second-order valence-corrected chi connectivity index (χ2v) is 9.22. The van der Waals surface area contributed by atoms with Crippen molar-refractivity contribution >= 4 is 23.9 Å². The summed E-state index contributed by atoms with van der Waals surface area (Å²) in [5.41, 5.74) is 0. The normalized spacial score (nSPS) is 10.7. The van der Waals surface area contributed by atoms with E-state index in [4.69, 9.17) is 5.11 Å². The smallest absolute Gasteiger partial charge is 0.285 e. The van der Waals surface area contributed by atoms with Crippen molar-refractivity contribution in [3.05, 3.63) is 91.0 Å². The minimum absolute atomic E-state index is 0. The van der Waals surface area contributed by atoms with E-state index in [0.29, 0.717) is 0 Å². The molecule has 0 amide bonds. The molecule has 0 saturated heterocycles. The maximum absolute atomic E-state index is 11.6. The molecule has 6 N–H and O–H groups in total. The third kappa shape index (κ3) is 7.45. The molecule has 0 aliphatic rings. The fourth-order valence-corrected chi connectivity index (χ4v) is 5.56. The zero-order chi connectivity index (χ0) is 18.1. The summed E-state index contributed by atoms with van der Waals surface area (Å²) < 4.78 is 0. The van der Waals surface area contributed by atoms with Crippen LogP contribution >= 0.6 is 0 Å². The fourth-order valence-electron chi connectivity index (χ4n) is 2.54. The van der Waals surface area contributed by atoms with Gasteiger partial charge in [0.05, 0.1) is 6.10 Å². The Morgan fingerprint density at radius 3 is 1.07 bits per heavy atom. The quantitative estimate of drug-likeness (QED) is 0.468. The van der Waals surface area contributed by atoms with Crippen molar-refractivity contribution in [3.63, 3.8) is 0 Å². The molecule has 0 heterocycles. The van der Waals surface area contributed by atoms with Crippen LogP contribution in [0, 0.1) is 0 Å². The van der Waals surface area contributed by atoms with Crippen molar-refractivity contribution in [2.75, 3.05) is 0 Å².